The quantitative estimate of drug-likeness (QED) is 0.641. The van der Waals surface area contributed by atoms with E-state index in [2.05, 4.69) is 20.4 Å². The molecular formula is C22H22ClFN4O2. The fourth-order valence-electron chi connectivity index (χ4n) is 3.65. The Morgan fingerprint density at radius 1 is 1.23 bits per heavy atom. The molecule has 156 valence electrons. The van der Waals surface area contributed by atoms with Crippen LogP contribution < -0.4 is 5.32 Å². The standard InChI is InChI=1S/C22H22ClFN4O2/c23-19-6-2-1-5-18(19)21-26-20(30-27-21)12-25-22(29)16-4-3-11-28(14-16)13-15-7-9-17(24)10-8-15/h1-2,5-10,16H,3-4,11-14H2,(H,25,29)/t16-/m0/s1. The average Bonchev–Trinajstić information content (AvgIpc) is 3.23. The van der Waals surface area contributed by atoms with E-state index in [-0.39, 0.29) is 24.2 Å². The fraction of sp³-hybridized carbons (Fsp3) is 0.318. The Morgan fingerprint density at radius 2 is 2.03 bits per heavy atom. The van der Waals surface area contributed by atoms with Crippen molar-refractivity contribution in [2.45, 2.75) is 25.9 Å². The zero-order valence-electron chi connectivity index (χ0n) is 16.4. The first-order valence-electron chi connectivity index (χ1n) is 9.90. The van der Waals surface area contributed by atoms with Crippen LogP contribution in [0.4, 0.5) is 4.39 Å². The van der Waals surface area contributed by atoms with Crippen molar-refractivity contribution < 1.29 is 13.7 Å². The van der Waals surface area contributed by atoms with Gasteiger partial charge in [0.2, 0.25) is 17.6 Å². The van der Waals surface area contributed by atoms with Crippen LogP contribution in [0, 0.1) is 11.7 Å². The monoisotopic (exact) mass is 428 g/mol. The summed E-state index contributed by atoms with van der Waals surface area (Å²) in [4.78, 5) is 19.2. The highest BCUT2D eigenvalue weighted by molar-refractivity contribution is 6.33. The number of likely N-dealkylation sites (tertiary alicyclic amines) is 1. The first kappa shape index (κ1) is 20.5. The lowest BCUT2D eigenvalue weighted by Crippen LogP contribution is -2.42. The molecule has 30 heavy (non-hydrogen) atoms. The normalized spacial score (nSPS) is 17.1. The first-order chi connectivity index (χ1) is 14.6. The van der Waals surface area contributed by atoms with E-state index in [0.29, 0.717) is 35.4 Å². The molecule has 8 heteroatoms. The highest BCUT2D eigenvalue weighted by Gasteiger charge is 2.26. The molecule has 2 aromatic carbocycles. The van der Waals surface area contributed by atoms with Crippen LogP contribution in [0.5, 0.6) is 0 Å². The van der Waals surface area contributed by atoms with E-state index in [1.54, 1.807) is 18.2 Å². The lowest BCUT2D eigenvalue weighted by molar-refractivity contribution is -0.127. The lowest BCUT2D eigenvalue weighted by atomic mass is 9.96. The van der Waals surface area contributed by atoms with Crippen LogP contribution in [-0.2, 0) is 17.9 Å². The second kappa shape index (κ2) is 9.36. The second-order valence-electron chi connectivity index (χ2n) is 7.41. The zero-order valence-corrected chi connectivity index (χ0v) is 17.1. The number of hydrogen-bond donors (Lipinski definition) is 1. The van der Waals surface area contributed by atoms with Gasteiger partial charge in [0.1, 0.15) is 5.82 Å². The molecule has 3 aromatic rings. The number of benzene rings is 2. The van der Waals surface area contributed by atoms with Crippen molar-refractivity contribution in [3.8, 4) is 11.4 Å². The summed E-state index contributed by atoms with van der Waals surface area (Å²) in [5, 5.41) is 7.38. The topological polar surface area (TPSA) is 71.3 Å². The van der Waals surface area contributed by atoms with Gasteiger partial charge in [-0.05, 0) is 49.2 Å². The van der Waals surface area contributed by atoms with Gasteiger partial charge in [-0.3, -0.25) is 9.69 Å². The Kier molecular flexibility index (Phi) is 6.40. The Bertz CT molecular complexity index is 1010. The molecule has 1 aromatic heterocycles. The second-order valence-corrected chi connectivity index (χ2v) is 7.82. The summed E-state index contributed by atoms with van der Waals surface area (Å²) in [6, 6.07) is 13.7. The van der Waals surface area contributed by atoms with Crippen molar-refractivity contribution in [2.75, 3.05) is 13.1 Å². The van der Waals surface area contributed by atoms with Gasteiger partial charge >= 0.3 is 0 Å². The van der Waals surface area contributed by atoms with Gasteiger partial charge in [0.15, 0.2) is 0 Å². The molecule has 1 fully saturated rings. The van der Waals surface area contributed by atoms with Crippen molar-refractivity contribution in [1.29, 1.82) is 0 Å². The van der Waals surface area contributed by atoms with E-state index in [1.807, 2.05) is 18.2 Å². The van der Waals surface area contributed by atoms with Crippen LogP contribution in [0.2, 0.25) is 5.02 Å². The minimum Gasteiger partial charge on any atom is -0.347 e. The molecule has 1 aliphatic heterocycles. The molecular weight excluding hydrogens is 407 g/mol. The number of nitrogens with one attached hydrogen (secondary N) is 1. The Balaban J connectivity index is 1.30. The third kappa shape index (κ3) is 5.04. The molecule has 0 saturated carbocycles. The summed E-state index contributed by atoms with van der Waals surface area (Å²) in [5.74, 6) is 0.347. The van der Waals surface area contributed by atoms with Gasteiger partial charge in [-0.15, -0.1) is 0 Å². The van der Waals surface area contributed by atoms with Crippen molar-refractivity contribution >= 4 is 17.5 Å². The number of halogens is 2. The first-order valence-corrected chi connectivity index (χ1v) is 10.3. The maximum absolute atomic E-state index is 13.1. The molecule has 1 aliphatic rings. The van der Waals surface area contributed by atoms with Gasteiger partial charge in [0.25, 0.3) is 0 Å². The highest BCUT2D eigenvalue weighted by atomic mass is 35.5. The predicted molar refractivity (Wildman–Crippen MR) is 111 cm³/mol. The molecule has 6 nitrogen and oxygen atoms in total. The van der Waals surface area contributed by atoms with E-state index >= 15 is 0 Å². The summed E-state index contributed by atoms with van der Waals surface area (Å²) in [6.07, 6.45) is 1.77. The van der Waals surface area contributed by atoms with Crippen molar-refractivity contribution in [1.82, 2.24) is 20.4 Å². The predicted octanol–water partition coefficient (Wildman–Crippen LogP) is 4.06. The zero-order chi connectivity index (χ0) is 20.9. The van der Waals surface area contributed by atoms with E-state index in [9.17, 15) is 9.18 Å². The molecule has 0 aliphatic carbocycles. The molecule has 0 spiro atoms. The number of amides is 1. The van der Waals surface area contributed by atoms with Gasteiger partial charge in [-0.25, -0.2) is 4.39 Å². The minimum absolute atomic E-state index is 0.0312. The van der Waals surface area contributed by atoms with Crippen molar-refractivity contribution in [3.63, 3.8) is 0 Å². The van der Waals surface area contributed by atoms with Crippen molar-refractivity contribution in [2.24, 2.45) is 5.92 Å². The van der Waals surface area contributed by atoms with Crippen LogP contribution in [0.15, 0.2) is 53.1 Å². The molecule has 1 saturated heterocycles. The molecule has 0 unspecified atom stereocenters. The highest BCUT2D eigenvalue weighted by Crippen LogP contribution is 2.25. The van der Waals surface area contributed by atoms with Crippen molar-refractivity contribution in [3.05, 3.63) is 70.8 Å². The number of piperidine rings is 1. The van der Waals surface area contributed by atoms with Crippen LogP contribution >= 0.6 is 11.6 Å². The lowest BCUT2D eigenvalue weighted by Gasteiger charge is -2.31. The maximum Gasteiger partial charge on any atom is 0.246 e. The number of carbonyl (C=O) groups is 1. The molecule has 0 bridgehead atoms. The van der Waals surface area contributed by atoms with E-state index in [1.165, 1.54) is 12.1 Å². The summed E-state index contributed by atoms with van der Waals surface area (Å²) >= 11 is 6.16. The summed E-state index contributed by atoms with van der Waals surface area (Å²) in [6.45, 7) is 2.46. The van der Waals surface area contributed by atoms with Crippen LogP contribution in [0.25, 0.3) is 11.4 Å². The summed E-state index contributed by atoms with van der Waals surface area (Å²) < 4.78 is 18.3. The van der Waals surface area contributed by atoms with E-state index in [0.717, 1.165) is 24.9 Å². The van der Waals surface area contributed by atoms with Gasteiger partial charge in [0, 0.05) is 18.7 Å². The largest absolute Gasteiger partial charge is 0.347 e. The van der Waals surface area contributed by atoms with Gasteiger partial charge in [-0.1, -0.05) is 41.0 Å². The Hall–Kier alpha value is -2.77. The number of rotatable bonds is 6. The van der Waals surface area contributed by atoms with Crippen LogP contribution in [-0.4, -0.2) is 34.0 Å². The van der Waals surface area contributed by atoms with Gasteiger partial charge in [-0.2, -0.15) is 4.98 Å². The maximum atomic E-state index is 13.1. The van der Waals surface area contributed by atoms with E-state index in [4.69, 9.17) is 16.1 Å². The molecule has 1 N–H and O–H groups in total. The fourth-order valence-corrected chi connectivity index (χ4v) is 3.87. The number of carbonyl (C=O) groups excluding carboxylic acids is 1. The molecule has 4 rings (SSSR count). The number of hydrogen-bond acceptors (Lipinski definition) is 5. The minimum atomic E-state index is -0.242. The average molecular weight is 429 g/mol. The number of aromatic nitrogens is 2. The summed E-state index contributed by atoms with van der Waals surface area (Å²) in [7, 11) is 0. The summed E-state index contributed by atoms with van der Waals surface area (Å²) in [5.41, 5.74) is 1.72. The van der Waals surface area contributed by atoms with Crippen LogP contribution in [0.1, 0.15) is 24.3 Å². The molecule has 1 atom stereocenters. The third-order valence-electron chi connectivity index (χ3n) is 5.19. The van der Waals surface area contributed by atoms with Gasteiger partial charge < -0.3 is 9.84 Å². The molecule has 1 amide bonds. The third-order valence-corrected chi connectivity index (χ3v) is 5.52. The number of nitrogens with zero attached hydrogens (tertiary/aromatic N) is 3. The molecule has 0 radical (unpaired) electrons. The molecule has 2 heterocycles. The Labute approximate surface area is 179 Å². The van der Waals surface area contributed by atoms with E-state index < -0.39 is 0 Å². The smallest absolute Gasteiger partial charge is 0.246 e. The SMILES string of the molecule is O=C(NCc1nc(-c2ccccc2Cl)no1)[C@H]1CCCN(Cc2ccc(F)cc2)C1. The van der Waals surface area contributed by atoms with Crippen LogP contribution in [0.3, 0.4) is 0 Å². The Morgan fingerprint density at radius 3 is 2.83 bits per heavy atom. The van der Waals surface area contributed by atoms with Gasteiger partial charge in [0.05, 0.1) is 17.5 Å².